The lowest BCUT2D eigenvalue weighted by Gasteiger charge is -2.12. The SMILES string of the molecule is COc1cccc(NCC(Cl)c2ccccc2)n1. The number of benzene rings is 1. The van der Waals surface area contributed by atoms with Crippen LogP contribution in [-0.2, 0) is 0 Å². The van der Waals surface area contributed by atoms with Crippen molar-refractivity contribution in [2.45, 2.75) is 5.38 Å². The molecule has 1 aromatic carbocycles. The number of methoxy groups -OCH3 is 1. The maximum atomic E-state index is 6.31. The Morgan fingerprint density at radius 1 is 1.17 bits per heavy atom. The summed E-state index contributed by atoms with van der Waals surface area (Å²) in [5.41, 5.74) is 1.09. The van der Waals surface area contributed by atoms with E-state index in [2.05, 4.69) is 10.3 Å². The van der Waals surface area contributed by atoms with Gasteiger partial charge in [0.25, 0.3) is 0 Å². The molecule has 2 aromatic rings. The predicted molar refractivity (Wildman–Crippen MR) is 74.3 cm³/mol. The molecule has 0 bridgehead atoms. The summed E-state index contributed by atoms with van der Waals surface area (Å²) < 4.78 is 5.06. The maximum absolute atomic E-state index is 6.31. The van der Waals surface area contributed by atoms with Crippen molar-refractivity contribution in [2.24, 2.45) is 0 Å². The summed E-state index contributed by atoms with van der Waals surface area (Å²) in [6.45, 7) is 0.617. The molecule has 0 aliphatic carbocycles. The quantitative estimate of drug-likeness (QED) is 0.838. The van der Waals surface area contributed by atoms with Gasteiger partial charge in [0.15, 0.2) is 0 Å². The number of hydrogen-bond donors (Lipinski definition) is 1. The highest BCUT2D eigenvalue weighted by molar-refractivity contribution is 6.21. The molecular formula is C14H15ClN2O. The molecule has 3 nitrogen and oxygen atoms in total. The normalized spacial score (nSPS) is 11.9. The third-order valence-electron chi connectivity index (χ3n) is 2.56. The zero-order valence-electron chi connectivity index (χ0n) is 10.1. The van der Waals surface area contributed by atoms with E-state index in [0.29, 0.717) is 12.4 Å². The van der Waals surface area contributed by atoms with Crippen molar-refractivity contribution < 1.29 is 4.74 Å². The van der Waals surface area contributed by atoms with Crippen molar-refractivity contribution in [2.75, 3.05) is 19.0 Å². The summed E-state index contributed by atoms with van der Waals surface area (Å²) >= 11 is 6.31. The van der Waals surface area contributed by atoms with Crippen LogP contribution in [-0.4, -0.2) is 18.6 Å². The third kappa shape index (κ3) is 3.37. The summed E-state index contributed by atoms with van der Waals surface area (Å²) in [6.07, 6.45) is 0. The van der Waals surface area contributed by atoms with Gasteiger partial charge in [-0.25, -0.2) is 0 Å². The van der Waals surface area contributed by atoms with Gasteiger partial charge >= 0.3 is 0 Å². The summed E-state index contributed by atoms with van der Waals surface area (Å²) in [7, 11) is 1.60. The molecule has 0 saturated carbocycles. The molecule has 0 spiro atoms. The van der Waals surface area contributed by atoms with Crippen LogP contribution in [0.4, 0.5) is 5.82 Å². The molecule has 1 atom stereocenters. The van der Waals surface area contributed by atoms with Crippen LogP contribution >= 0.6 is 11.6 Å². The van der Waals surface area contributed by atoms with Crippen LogP contribution in [0.3, 0.4) is 0 Å². The Morgan fingerprint density at radius 3 is 2.67 bits per heavy atom. The summed E-state index contributed by atoms with van der Waals surface area (Å²) in [5.74, 6) is 1.35. The summed E-state index contributed by atoms with van der Waals surface area (Å²) in [6, 6.07) is 15.5. The van der Waals surface area contributed by atoms with Crippen LogP contribution in [0.1, 0.15) is 10.9 Å². The van der Waals surface area contributed by atoms with Crippen molar-refractivity contribution in [1.82, 2.24) is 4.98 Å². The molecule has 4 heteroatoms. The van der Waals surface area contributed by atoms with Gasteiger partial charge in [0, 0.05) is 12.6 Å². The van der Waals surface area contributed by atoms with Gasteiger partial charge in [0.1, 0.15) is 5.82 Å². The lowest BCUT2D eigenvalue weighted by molar-refractivity contribution is 0.398. The average Bonchev–Trinajstić information content (AvgIpc) is 2.46. The first-order chi connectivity index (χ1) is 8.79. The van der Waals surface area contributed by atoms with Crippen LogP contribution in [0, 0.1) is 0 Å². The van der Waals surface area contributed by atoms with Crippen LogP contribution in [0.25, 0.3) is 0 Å². The molecule has 1 N–H and O–H groups in total. The Balaban J connectivity index is 1.95. The van der Waals surface area contributed by atoms with E-state index in [0.717, 1.165) is 11.4 Å². The Labute approximate surface area is 112 Å². The zero-order chi connectivity index (χ0) is 12.8. The number of hydrogen-bond acceptors (Lipinski definition) is 3. The third-order valence-corrected chi connectivity index (χ3v) is 2.96. The molecule has 0 radical (unpaired) electrons. The fraction of sp³-hybridized carbons (Fsp3) is 0.214. The summed E-state index contributed by atoms with van der Waals surface area (Å²) in [4.78, 5) is 4.26. The highest BCUT2D eigenvalue weighted by atomic mass is 35.5. The second-order valence-electron chi connectivity index (χ2n) is 3.82. The standard InChI is InChI=1S/C14H15ClN2O/c1-18-14-9-5-8-13(17-14)16-10-12(15)11-6-3-2-4-7-11/h2-9,12H,10H2,1H3,(H,16,17). The molecule has 0 amide bonds. The maximum Gasteiger partial charge on any atom is 0.214 e. The van der Waals surface area contributed by atoms with Gasteiger partial charge in [-0.15, -0.1) is 11.6 Å². The number of nitrogens with one attached hydrogen (secondary N) is 1. The highest BCUT2D eigenvalue weighted by Gasteiger charge is 2.07. The van der Waals surface area contributed by atoms with Crippen LogP contribution < -0.4 is 10.1 Å². The first kappa shape index (κ1) is 12.7. The van der Waals surface area contributed by atoms with Gasteiger partial charge in [0.2, 0.25) is 5.88 Å². The van der Waals surface area contributed by atoms with E-state index in [-0.39, 0.29) is 5.38 Å². The van der Waals surface area contributed by atoms with E-state index in [1.165, 1.54) is 0 Å². The van der Waals surface area contributed by atoms with E-state index in [1.807, 2.05) is 42.5 Å². The molecule has 0 aliphatic heterocycles. The topological polar surface area (TPSA) is 34.1 Å². The molecule has 0 fully saturated rings. The minimum absolute atomic E-state index is 0.0841. The largest absolute Gasteiger partial charge is 0.481 e. The molecule has 0 saturated heterocycles. The van der Waals surface area contributed by atoms with Crippen molar-refractivity contribution in [3.63, 3.8) is 0 Å². The molecule has 18 heavy (non-hydrogen) atoms. The van der Waals surface area contributed by atoms with Gasteiger partial charge in [0.05, 0.1) is 12.5 Å². The van der Waals surface area contributed by atoms with Gasteiger partial charge < -0.3 is 10.1 Å². The van der Waals surface area contributed by atoms with Crippen molar-refractivity contribution in [3.05, 3.63) is 54.1 Å². The highest BCUT2D eigenvalue weighted by Crippen LogP contribution is 2.20. The first-order valence-electron chi connectivity index (χ1n) is 5.73. The van der Waals surface area contributed by atoms with Gasteiger partial charge in [-0.2, -0.15) is 4.98 Å². The molecule has 1 unspecified atom stereocenters. The lowest BCUT2D eigenvalue weighted by Crippen LogP contribution is -2.09. The molecule has 1 aromatic heterocycles. The molecule has 2 rings (SSSR count). The van der Waals surface area contributed by atoms with Crippen LogP contribution in [0.5, 0.6) is 5.88 Å². The zero-order valence-corrected chi connectivity index (χ0v) is 10.9. The number of pyridine rings is 1. The van der Waals surface area contributed by atoms with Gasteiger partial charge in [-0.05, 0) is 11.6 Å². The Hall–Kier alpha value is -1.74. The van der Waals surface area contributed by atoms with Gasteiger partial charge in [-0.3, -0.25) is 0 Å². The van der Waals surface area contributed by atoms with E-state index in [4.69, 9.17) is 16.3 Å². The second kappa shape index (κ2) is 6.26. The smallest absolute Gasteiger partial charge is 0.214 e. The average molecular weight is 263 g/mol. The van der Waals surface area contributed by atoms with E-state index >= 15 is 0 Å². The number of ether oxygens (including phenoxy) is 1. The second-order valence-corrected chi connectivity index (χ2v) is 4.35. The predicted octanol–water partition coefficient (Wildman–Crippen LogP) is 3.48. The van der Waals surface area contributed by atoms with E-state index < -0.39 is 0 Å². The van der Waals surface area contributed by atoms with Crippen LogP contribution in [0.15, 0.2) is 48.5 Å². The molecule has 94 valence electrons. The van der Waals surface area contributed by atoms with E-state index in [9.17, 15) is 0 Å². The Morgan fingerprint density at radius 2 is 1.94 bits per heavy atom. The van der Waals surface area contributed by atoms with Crippen molar-refractivity contribution in [1.29, 1.82) is 0 Å². The number of rotatable bonds is 5. The first-order valence-corrected chi connectivity index (χ1v) is 6.17. The van der Waals surface area contributed by atoms with Crippen molar-refractivity contribution in [3.8, 4) is 5.88 Å². The Bertz CT molecular complexity index is 490. The lowest BCUT2D eigenvalue weighted by atomic mass is 10.1. The fourth-order valence-electron chi connectivity index (χ4n) is 1.60. The number of aromatic nitrogens is 1. The van der Waals surface area contributed by atoms with E-state index in [1.54, 1.807) is 13.2 Å². The Kier molecular flexibility index (Phi) is 4.42. The molecular weight excluding hydrogens is 248 g/mol. The summed E-state index contributed by atoms with van der Waals surface area (Å²) in [5, 5.41) is 3.11. The minimum Gasteiger partial charge on any atom is -0.481 e. The number of nitrogens with zero attached hydrogens (tertiary/aromatic N) is 1. The van der Waals surface area contributed by atoms with Gasteiger partial charge in [-0.1, -0.05) is 36.4 Å². The minimum atomic E-state index is -0.0841. The number of alkyl halides is 1. The fourth-order valence-corrected chi connectivity index (χ4v) is 1.82. The molecule has 1 heterocycles. The molecule has 0 aliphatic rings. The van der Waals surface area contributed by atoms with Crippen molar-refractivity contribution >= 4 is 17.4 Å². The number of halogens is 1. The number of anilines is 1. The van der Waals surface area contributed by atoms with Crippen LogP contribution in [0.2, 0.25) is 0 Å². The monoisotopic (exact) mass is 262 g/mol.